The molecule has 0 radical (unpaired) electrons. The molecule has 3 rings (SSSR count). The Morgan fingerprint density at radius 1 is 1.11 bits per heavy atom. The fraction of sp³-hybridized carbons (Fsp3) is 0.444. The lowest BCUT2D eigenvalue weighted by Gasteiger charge is -2.27. The first-order valence-electron chi connectivity index (χ1n) is 12.1. The van der Waals surface area contributed by atoms with Crippen LogP contribution in [-0.4, -0.2) is 60.6 Å². The van der Waals surface area contributed by atoms with E-state index in [4.69, 9.17) is 16.3 Å². The van der Waals surface area contributed by atoms with Crippen molar-refractivity contribution in [2.45, 2.75) is 52.3 Å². The number of hydrogen-bond acceptors (Lipinski definition) is 5. The zero-order valence-electron chi connectivity index (χ0n) is 21.3. The number of benzene rings is 2. The molecule has 2 aromatic rings. The third-order valence-electron chi connectivity index (χ3n) is 5.67. The fourth-order valence-corrected chi connectivity index (χ4v) is 4.19. The minimum Gasteiger partial charge on any atom is -0.444 e. The van der Waals surface area contributed by atoms with Gasteiger partial charge in [-0.25, -0.2) is 4.79 Å². The molecule has 1 fully saturated rings. The molecule has 0 saturated carbocycles. The lowest BCUT2D eigenvalue weighted by molar-refractivity contribution is -0.128. The van der Waals surface area contributed by atoms with Crippen LogP contribution in [0.2, 0.25) is 5.02 Å². The average molecular weight is 515 g/mol. The number of carbonyl (C=O) groups is 3. The molecule has 0 aromatic heterocycles. The van der Waals surface area contributed by atoms with Crippen molar-refractivity contribution in [2.75, 3.05) is 31.1 Å². The third-order valence-corrected chi connectivity index (χ3v) is 5.90. The van der Waals surface area contributed by atoms with Gasteiger partial charge in [-0.05, 0) is 69.5 Å². The van der Waals surface area contributed by atoms with E-state index >= 15 is 0 Å². The van der Waals surface area contributed by atoms with Gasteiger partial charge in [0.1, 0.15) is 5.60 Å². The van der Waals surface area contributed by atoms with Gasteiger partial charge in [-0.2, -0.15) is 0 Å². The lowest BCUT2D eigenvalue weighted by Crippen LogP contribution is -2.45. The van der Waals surface area contributed by atoms with E-state index in [2.05, 4.69) is 10.6 Å². The predicted octanol–water partition coefficient (Wildman–Crippen LogP) is 3.90. The van der Waals surface area contributed by atoms with Gasteiger partial charge < -0.3 is 25.2 Å². The van der Waals surface area contributed by atoms with Crippen molar-refractivity contribution in [3.05, 3.63) is 64.7 Å². The zero-order chi connectivity index (χ0) is 26.3. The van der Waals surface area contributed by atoms with Crippen LogP contribution in [0.1, 0.15) is 38.3 Å². The van der Waals surface area contributed by atoms with Crippen LogP contribution in [-0.2, 0) is 20.9 Å². The van der Waals surface area contributed by atoms with Crippen LogP contribution in [0.3, 0.4) is 0 Å². The largest absolute Gasteiger partial charge is 0.444 e. The van der Waals surface area contributed by atoms with Gasteiger partial charge in [-0.3, -0.25) is 9.59 Å². The van der Waals surface area contributed by atoms with Crippen molar-refractivity contribution in [1.82, 2.24) is 15.5 Å². The molecule has 0 aliphatic carbocycles. The van der Waals surface area contributed by atoms with Crippen molar-refractivity contribution < 1.29 is 19.1 Å². The summed E-state index contributed by atoms with van der Waals surface area (Å²) in [5.41, 5.74) is 2.14. The van der Waals surface area contributed by atoms with E-state index in [1.807, 2.05) is 64.1 Å². The van der Waals surface area contributed by atoms with Crippen molar-refractivity contribution in [3.63, 3.8) is 0 Å². The highest BCUT2D eigenvalue weighted by molar-refractivity contribution is 6.30. The Bertz CT molecular complexity index is 1090. The summed E-state index contributed by atoms with van der Waals surface area (Å²) in [7, 11) is 0. The summed E-state index contributed by atoms with van der Waals surface area (Å²) in [6.45, 7) is 8.75. The standard InChI is InChI=1S/C27H35ClN4O4/c1-19-7-5-10-23(13-19)32(17-24(33)29-15-20-8-6-9-21(28)14-20)18-25(34)31-12-11-22(16-31)30-26(35)36-27(2,3)4/h5-10,13-14,22H,11-12,15-18H2,1-4H3,(H,29,33)(H,30,35). The highest BCUT2D eigenvalue weighted by Crippen LogP contribution is 2.18. The maximum absolute atomic E-state index is 13.2. The second-order valence-electron chi connectivity index (χ2n) is 10.1. The Morgan fingerprint density at radius 2 is 1.86 bits per heavy atom. The molecule has 0 bridgehead atoms. The molecule has 194 valence electrons. The Kier molecular flexibility index (Phi) is 9.20. The van der Waals surface area contributed by atoms with Crippen LogP contribution in [0.15, 0.2) is 48.5 Å². The summed E-state index contributed by atoms with van der Waals surface area (Å²) in [4.78, 5) is 41.5. The molecule has 1 aliphatic rings. The van der Waals surface area contributed by atoms with Gasteiger partial charge in [0.25, 0.3) is 0 Å². The normalized spacial score (nSPS) is 15.4. The topological polar surface area (TPSA) is 91.0 Å². The number of halogens is 1. The Hall–Kier alpha value is -3.26. The number of carbonyl (C=O) groups excluding carboxylic acids is 3. The maximum atomic E-state index is 13.2. The van der Waals surface area contributed by atoms with E-state index in [-0.39, 0.29) is 30.9 Å². The molecule has 0 spiro atoms. The molecule has 2 aromatic carbocycles. The second-order valence-corrected chi connectivity index (χ2v) is 10.5. The molecular weight excluding hydrogens is 480 g/mol. The number of ether oxygens (including phenoxy) is 1. The highest BCUT2D eigenvalue weighted by atomic mass is 35.5. The number of amides is 3. The van der Waals surface area contributed by atoms with Crippen LogP contribution in [0.5, 0.6) is 0 Å². The van der Waals surface area contributed by atoms with E-state index < -0.39 is 11.7 Å². The molecule has 1 saturated heterocycles. The number of rotatable bonds is 8. The van der Waals surface area contributed by atoms with Gasteiger partial charge >= 0.3 is 6.09 Å². The third kappa shape index (κ3) is 8.75. The highest BCUT2D eigenvalue weighted by Gasteiger charge is 2.30. The van der Waals surface area contributed by atoms with Crippen LogP contribution in [0.25, 0.3) is 0 Å². The molecule has 8 nitrogen and oxygen atoms in total. The number of likely N-dealkylation sites (tertiary alicyclic amines) is 1. The number of nitrogens with one attached hydrogen (secondary N) is 2. The van der Waals surface area contributed by atoms with Crippen molar-refractivity contribution in [2.24, 2.45) is 0 Å². The minimum atomic E-state index is -0.583. The van der Waals surface area contributed by atoms with Crippen LogP contribution in [0, 0.1) is 6.92 Å². The van der Waals surface area contributed by atoms with Crippen LogP contribution < -0.4 is 15.5 Å². The molecule has 2 N–H and O–H groups in total. The maximum Gasteiger partial charge on any atom is 0.407 e. The molecule has 1 heterocycles. The molecule has 1 aliphatic heterocycles. The van der Waals surface area contributed by atoms with Gasteiger partial charge in [0, 0.05) is 30.3 Å². The van der Waals surface area contributed by atoms with E-state index in [9.17, 15) is 14.4 Å². The average Bonchev–Trinajstić information content (AvgIpc) is 3.24. The summed E-state index contributed by atoms with van der Waals surface area (Å²) in [5, 5.41) is 6.35. The van der Waals surface area contributed by atoms with Crippen LogP contribution in [0.4, 0.5) is 10.5 Å². The Balaban J connectivity index is 1.60. The van der Waals surface area contributed by atoms with Gasteiger partial charge in [0.15, 0.2) is 0 Å². The predicted molar refractivity (Wildman–Crippen MR) is 141 cm³/mol. The minimum absolute atomic E-state index is 0.0309. The number of aryl methyl sites for hydroxylation is 1. The SMILES string of the molecule is Cc1cccc(N(CC(=O)NCc2cccc(Cl)c2)CC(=O)N2CCC(NC(=O)OC(C)(C)C)C2)c1. The van der Waals surface area contributed by atoms with Crippen molar-refractivity contribution in [1.29, 1.82) is 0 Å². The molecule has 3 amide bonds. The summed E-state index contributed by atoms with van der Waals surface area (Å²) in [6, 6.07) is 14.9. The summed E-state index contributed by atoms with van der Waals surface area (Å²) < 4.78 is 5.32. The van der Waals surface area contributed by atoms with Crippen molar-refractivity contribution >= 4 is 35.2 Å². The van der Waals surface area contributed by atoms with Gasteiger partial charge in [-0.15, -0.1) is 0 Å². The Labute approximate surface area is 217 Å². The fourth-order valence-electron chi connectivity index (χ4n) is 3.98. The molecule has 1 atom stereocenters. The Morgan fingerprint density at radius 3 is 2.56 bits per heavy atom. The molecule has 1 unspecified atom stereocenters. The first-order valence-corrected chi connectivity index (χ1v) is 12.5. The number of nitrogens with zero attached hydrogens (tertiary/aromatic N) is 2. The quantitative estimate of drug-likeness (QED) is 0.557. The molecular formula is C27H35ClN4O4. The molecule has 9 heteroatoms. The van der Waals surface area contributed by atoms with Gasteiger partial charge in [0.2, 0.25) is 11.8 Å². The van der Waals surface area contributed by atoms with Gasteiger partial charge in [0.05, 0.1) is 19.1 Å². The number of anilines is 1. The molecule has 36 heavy (non-hydrogen) atoms. The van der Waals surface area contributed by atoms with Crippen LogP contribution >= 0.6 is 11.6 Å². The monoisotopic (exact) mass is 514 g/mol. The second kappa shape index (κ2) is 12.1. The van der Waals surface area contributed by atoms with E-state index in [0.29, 0.717) is 31.1 Å². The first kappa shape index (κ1) is 27.3. The summed E-state index contributed by atoms with van der Waals surface area (Å²) in [5.74, 6) is -0.303. The van der Waals surface area contributed by atoms with Gasteiger partial charge in [-0.1, -0.05) is 35.9 Å². The number of alkyl carbamates (subject to hydrolysis) is 1. The first-order chi connectivity index (χ1) is 17.0. The lowest BCUT2D eigenvalue weighted by atomic mass is 10.2. The van der Waals surface area contributed by atoms with Crippen molar-refractivity contribution in [3.8, 4) is 0 Å². The van der Waals surface area contributed by atoms with E-state index in [1.54, 1.807) is 21.9 Å². The number of hydrogen-bond donors (Lipinski definition) is 2. The van der Waals surface area contributed by atoms with E-state index in [0.717, 1.165) is 16.8 Å². The smallest absolute Gasteiger partial charge is 0.407 e. The van der Waals surface area contributed by atoms with E-state index in [1.165, 1.54) is 0 Å². The zero-order valence-corrected chi connectivity index (χ0v) is 22.1. The summed E-state index contributed by atoms with van der Waals surface area (Å²) in [6.07, 6.45) is 0.162. The summed E-state index contributed by atoms with van der Waals surface area (Å²) >= 11 is 6.03.